The monoisotopic (exact) mass is 287 g/mol. The van der Waals surface area contributed by atoms with Crippen molar-refractivity contribution in [2.24, 2.45) is 0 Å². The first-order valence-electron chi connectivity index (χ1n) is 7.46. The number of hydrogen-bond donors (Lipinski definition) is 1. The molecule has 2 aromatic rings. The second-order valence-electron chi connectivity index (χ2n) is 5.94. The average molecular weight is 287 g/mol. The van der Waals surface area contributed by atoms with Crippen molar-refractivity contribution in [1.82, 2.24) is 5.32 Å². The summed E-state index contributed by atoms with van der Waals surface area (Å²) in [5.74, 6) is 2.80. The van der Waals surface area contributed by atoms with Crippen molar-refractivity contribution >= 4 is 0 Å². The van der Waals surface area contributed by atoms with Gasteiger partial charge in [0.25, 0.3) is 0 Å². The highest BCUT2D eigenvalue weighted by molar-refractivity contribution is 5.33. The molecule has 1 aromatic heterocycles. The van der Waals surface area contributed by atoms with Gasteiger partial charge >= 0.3 is 0 Å². The molecule has 0 aliphatic rings. The Labute approximate surface area is 127 Å². The lowest BCUT2D eigenvalue weighted by molar-refractivity contribution is 0.302. The summed E-state index contributed by atoms with van der Waals surface area (Å²) >= 11 is 0. The molecule has 21 heavy (non-hydrogen) atoms. The third-order valence-corrected chi connectivity index (χ3v) is 3.35. The third-order valence-electron chi connectivity index (χ3n) is 3.35. The molecule has 0 aliphatic carbocycles. The fraction of sp³-hybridized carbons (Fsp3) is 0.444. The predicted molar refractivity (Wildman–Crippen MR) is 85.7 cm³/mol. The normalized spacial score (nSPS) is 11.1. The smallest absolute Gasteiger partial charge is 0.120 e. The van der Waals surface area contributed by atoms with E-state index in [0.717, 1.165) is 29.4 Å². The molecule has 0 aliphatic heterocycles. The summed E-state index contributed by atoms with van der Waals surface area (Å²) in [6, 6.07) is 8.79. The minimum absolute atomic E-state index is 0.449. The Morgan fingerprint density at radius 2 is 1.71 bits per heavy atom. The molecule has 3 heteroatoms. The van der Waals surface area contributed by atoms with E-state index >= 15 is 0 Å². The second-order valence-corrected chi connectivity index (χ2v) is 5.94. The summed E-state index contributed by atoms with van der Waals surface area (Å²) in [6.07, 6.45) is 0. The Morgan fingerprint density at radius 3 is 2.33 bits per heavy atom. The Kier molecular flexibility index (Phi) is 5.07. The zero-order valence-corrected chi connectivity index (χ0v) is 13.6. The van der Waals surface area contributed by atoms with Crippen LogP contribution in [0.2, 0.25) is 0 Å². The van der Waals surface area contributed by atoms with Gasteiger partial charge in [-0.1, -0.05) is 19.9 Å². The first-order valence-corrected chi connectivity index (χ1v) is 7.46. The molecular formula is C18H25NO2. The lowest BCUT2D eigenvalue weighted by atomic mass is 10.1. The van der Waals surface area contributed by atoms with Gasteiger partial charge in [-0.15, -0.1) is 0 Å². The van der Waals surface area contributed by atoms with Crippen molar-refractivity contribution < 1.29 is 9.15 Å². The first kappa shape index (κ1) is 15.6. The summed E-state index contributed by atoms with van der Waals surface area (Å²) in [6.45, 7) is 11.7. The number of nitrogens with one attached hydrogen (secondary N) is 1. The lowest BCUT2D eigenvalue weighted by Gasteiger charge is -2.07. The van der Waals surface area contributed by atoms with Crippen molar-refractivity contribution in [3.05, 3.63) is 52.5 Å². The maximum absolute atomic E-state index is 5.89. The van der Waals surface area contributed by atoms with Crippen LogP contribution in [0.5, 0.6) is 5.75 Å². The van der Waals surface area contributed by atoms with E-state index in [0.29, 0.717) is 12.6 Å². The number of rotatable bonds is 6. The van der Waals surface area contributed by atoms with E-state index in [4.69, 9.17) is 9.15 Å². The highest BCUT2D eigenvalue weighted by Gasteiger charge is 2.09. The molecule has 0 saturated heterocycles. The van der Waals surface area contributed by atoms with Crippen LogP contribution in [0, 0.1) is 20.8 Å². The molecular weight excluding hydrogens is 262 g/mol. The molecule has 0 spiro atoms. The summed E-state index contributed by atoms with van der Waals surface area (Å²) in [4.78, 5) is 0. The first-order chi connectivity index (χ1) is 9.94. The highest BCUT2D eigenvalue weighted by atomic mass is 16.5. The summed E-state index contributed by atoms with van der Waals surface area (Å²) in [7, 11) is 0. The van der Waals surface area contributed by atoms with Crippen LogP contribution in [0.3, 0.4) is 0 Å². The van der Waals surface area contributed by atoms with Gasteiger partial charge in [0.1, 0.15) is 23.9 Å². The summed E-state index contributed by atoms with van der Waals surface area (Å²) in [5.41, 5.74) is 3.54. The molecule has 0 atom stereocenters. The standard InChI is InChI=1S/C18H25NO2/c1-12(2)19-10-18-9-16(15(5)21-18)11-20-17-7-13(3)6-14(4)8-17/h6-9,12,19H,10-11H2,1-5H3. The number of benzene rings is 1. The summed E-state index contributed by atoms with van der Waals surface area (Å²) < 4.78 is 11.7. The zero-order chi connectivity index (χ0) is 15.4. The van der Waals surface area contributed by atoms with Gasteiger partial charge in [0.05, 0.1) is 6.54 Å². The molecule has 0 unspecified atom stereocenters. The molecule has 1 N–H and O–H groups in total. The minimum Gasteiger partial charge on any atom is -0.489 e. The Bertz CT molecular complexity index is 579. The minimum atomic E-state index is 0.449. The van der Waals surface area contributed by atoms with E-state index in [1.807, 2.05) is 6.92 Å². The van der Waals surface area contributed by atoms with Crippen LogP contribution in [-0.4, -0.2) is 6.04 Å². The quantitative estimate of drug-likeness (QED) is 0.861. The molecule has 1 heterocycles. The average Bonchev–Trinajstić information content (AvgIpc) is 2.73. The molecule has 0 saturated carbocycles. The Morgan fingerprint density at radius 1 is 1.05 bits per heavy atom. The van der Waals surface area contributed by atoms with Crippen molar-refractivity contribution in [2.45, 2.75) is 53.8 Å². The van der Waals surface area contributed by atoms with Gasteiger partial charge in [-0.2, -0.15) is 0 Å². The molecule has 1 aromatic carbocycles. The van der Waals surface area contributed by atoms with Crippen molar-refractivity contribution in [1.29, 1.82) is 0 Å². The van der Waals surface area contributed by atoms with Gasteiger partial charge in [-0.3, -0.25) is 0 Å². The zero-order valence-electron chi connectivity index (χ0n) is 13.6. The Hall–Kier alpha value is -1.74. The molecule has 0 fully saturated rings. The molecule has 2 rings (SSSR count). The van der Waals surface area contributed by atoms with Gasteiger partial charge in [0.15, 0.2) is 0 Å². The third kappa shape index (κ3) is 4.64. The molecule has 114 valence electrons. The fourth-order valence-electron chi connectivity index (χ4n) is 2.30. The van der Waals surface area contributed by atoms with Gasteiger partial charge in [-0.05, 0) is 50.1 Å². The molecule has 0 radical (unpaired) electrons. The number of aryl methyl sites for hydroxylation is 3. The fourth-order valence-corrected chi connectivity index (χ4v) is 2.30. The number of ether oxygens (including phenoxy) is 1. The van der Waals surface area contributed by atoms with E-state index in [2.05, 4.69) is 57.3 Å². The topological polar surface area (TPSA) is 34.4 Å². The second kappa shape index (κ2) is 6.81. The Balaban J connectivity index is 1.99. The van der Waals surface area contributed by atoms with E-state index in [1.165, 1.54) is 11.1 Å². The predicted octanol–water partition coefficient (Wildman–Crippen LogP) is 4.28. The summed E-state index contributed by atoms with van der Waals surface area (Å²) in [5, 5.41) is 3.36. The largest absolute Gasteiger partial charge is 0.489 e. The van der Waals surface area contributed by atoms with E-state index in [1.54, 1.807) is 0 Å². The number of furan rings is 1. The van der Waals surface area contributed by atoms with E-state index in [-0.39, 0.29) is 0 Å². The van der Waals surface area contributed by atoms with Crippen LogP contribution >= 0.6 is 0 Å². The van der Waals surface area contributed by atoms with Gasteiger partial charge in [-0.25, -0.2) is 0 Å². The highest BCUT2D eigenvalue weighted by Crippen LogP contribution is 2.20. The van der Waals surface area contributed by atoms with Gasteiger partial charge in [0, 0.05) is 11.6 Å². The van der Waals surface area contributed by atoms with Gasteiger partial charge < -0.3 is 14.5 Å². The van der Waals surface area contributed by atoms with Crippen molar-refractivity contribution in [3.8, 4) is 5.75 Å². The van der Waals surface area contributed by atoms with Crippen LogP contribution < -0.4 is 10.1 Å². The maximum Gasteiger partial charge on any atom is 0.120 e. The maximum atomic E-state index is 5.89. The van der Waals surface area contributed by atoms with Crippen LogP contribution in [0.25, 0.3) is 0 Å². The van der Waals surface area contributed by atoms with Crippen molar-refractivity contribution in [3.63, 3.8) is 0 Å². The molecule has 0 amide bonds. The van der Waals surface area contributed by atoms with Crippen LogP contribution in [0.1, 0.15) is 42.1 Å². The van der Waals surface area contributed by atoms with Crippen LogP contribution in [0.15, 0.2) is 28.7 Å². The molecule has 3 nitrogen and oxygen atoms in total. The SMILES string of the molecule is Cc1cc(C)cc(OCc2cc(CNC(C)C)oc2C)c1. The van der Waals surface area contributed by atoms with Gasteiger partial charge in [0.2, 0.25) is 0 Å². The van der Waals surface area contributed by atoms with Crippen molar-refractivity contribution in [2.75, 3.05) is 0 Å². The van der Waals surface area contributed by atoms with Crippen LogP contribution in [-0.2, 0) is 13.2 Å². The van der Waals surface area contributed by atoms with E-state index < -0.39 is 0 Å². The van der Waals surface area contributed by atoms with Crippen LogP contribution in [0.4, 0.5) is 0 Å². The molecule has 0 bridgehead atoms. The lowest BCUT2D eigenvalue weighted by Crippen LogP contribution is -2.21. The van der Waals surface area contributed by atoms with E-state index in [9.17, 15) is 0 Å². The number of hydrogen-bond acceptors (Lipinski definition) is 3.